The second-order valence-corrected chi connectivity index (χ2v) is 9.66. The SMILES string of the molecule is CC[C@@H](C)NC(=O)[C@@H]1COC2(CCN(C(=O)c3cccc(C)c3)CC2)N1C(=O)c1ccc(OC)cc1. The fourth-order valence-corrected chi connectivity index (χ4v) is 4.90. The Morgan fingerprint density at radius 1 is 1.08 bits per heavy atom. The summed E-state index contributed by atoms with van der Waals surface area (Å²) in [5, 5.41) is 3.00. The highest BCUT2D eigenvalue weighted by molar-refractivity contribution is 5.99. The van der Waals surface area contributed by atoms with Gasteiger partial charge in [-0.15, -0.1) is 0 Å². The number of benzene rings is 2. The van der Waals surface area contributed by atoms with Crippen LogP contribution in [0.3, 0.4) is 0 Å². The van der Waals surface area contributed by atoms with Gasteiger partial charge in [0.05, 0.1) is 13.7 Å². The van der Waals surface area contributed by atoms with E-state index in [-0.39, 0.29) is 30.4 Å². The number of carbonyl (C=O) groups excluding carboxylic acids is 3. The van der Waals surface area contributed by atoms with Gasteiger partial charge in [0.1, 0.15) is 17.5 Å². The average molecular weight is 494 g/mol. The quantitative estimate of drug-likeness (QED) is 0.667. The highest BCUT2D eigenvalue weighted by Gasteiger charge is 2.54. The van der Waals surface area contributed by atoms with E-state index in [0.29, 0.717) is 42.8 Å². The summed E-state index contributed by atoms with van der Waals surface area (Å²) in [6.07, 6.45) is 1.64. The number of ether oxygens (including phenoxy) is 2. The first-order valence-corrected chi connectivity index (χ1v) is 12.6. The number of likely N-dealkylation sites (tertiary alicyclic amines) is 1. The van der Waals surface area contributed by atoms with Gasteiger partial charge in [0.25, 0.3) is 11.8 Å². The topological polar surface area (TPSA) is 88.2 Å². The van der Waals surface area contributed by atoms with Crippen LogP contribution in [-0.4, -0.2) is 72.1 Å². The zero-order valence-electron chi connectivity index (χ0n) is 21.5. The molecule has 1 N–H and O–H groups in total. The van der Waals surface area contributed by atoms with Gasteiger partial charge in [-0.25, -0.2) is 0 Å². The lowest BCUT2D eigenvalue weighted by Gasteiger charge is -2.44. The number of nitrogens with one attached hydrogen (secondary N) is 1. The maximum Gasteiger partial charge on any atom is 0.256 e. The van der Waals surface area contributed by atoms with E-state index in [1.165, 1.54) is 0 Å². The fraction of sp³-hybridized carbons (Fsp3) is 0.464. The summed E-state index contributed by atoms with van der Waals surface area (Å²) in [6.45, 7) is 6.88. The number of carbonyl (C=O) groups is 3. The van der Waals surface area contributed by atoms with Crippen LogP contribution in [0.1, 0.15) is 59.4 Å². The Kier molecular flexibility index (Phi) is 7.64. The van der Waals surface area contributed by atoms with Crippen molar-refractivity contribution in [2.75, 3.05) is 26.8 Å². The summed E-state index contributed by atoms with van der Waals surface area (Å²) in [5.74, 6) is 0.123. The van der Waals surface area contributed by atoms with Gasteiger partial charge in [0.2, 0.25) is 5.91 Å². The smallest absolute Gasteiger partial charge is 0.256 e. The molecule has 0 aromatic heterocycles. The molecule has 2 aromatic carbocycles. The highest BCUT2D eigenvalue weighted by Crippen LogP contribution is 2.39. The molecule has 2 heterocycles. The first-order chi connectivity index (χ1) is 17.3. The molecule has 4 rings (SSSR count). The van der Waals surface area contributed by atoms with Crippen molar-refractivity contribution in [3.8, 4) is 5.75 Å². The minimum atomic E-state index is -0.947. The van der Waals surface area contributed by atoms with Crippen molar-refractivity contribution in [3.63, 3.8) is 0 Å². The van der Waals surface area contributed by atoms with Gasteiger partial charge >= 0.3 is 0 Å². The van der Waals surface area contributed by atoms with E-state index in [1.807, 2.05) is 45.0 Å². The molecule has 2 aliphatic rings. The Hall–Kier alpha value is -3.39. The Morgan fingerprint density at radius 3 is 2.39 bits per heavy atom. The van der Waals surface area contributed by atoms with Crippen LogP contribution in [0.4, 0.5) is 0 Å². The van der Waals surface area contributed by atoms with Crippen LogP contribution < -0.4 is 10.1 Å². The predicted octanol–water partition coefficient (Wildman–Crippen LogP) is 3.39. The molecular weight excluding hydrogens is 458 g/mol. The number of methoxy groups -OCH3 is 1. The number of rotatable bonds is 6. The maximum atomic E-state index is 13.8. The van der Waals surface area contributed by atoms with Crippen molar-refractivity contribution in [2.45, 2.75) is 57.8 Å². The van der Waals surface area contributed by atoms with Gasteiger partial charge in [-0.3, -0.25) is 19.3 Å². The number of hydrogen-bond donors (Lipinski definition) is 1. The number of amides is 3. The van der Waals surface area contributed by atoms with Crippen LogP contribution in [0.25, 0.3) is 0 Å². The Labute approximate surface area is 212 Å². The molecule has 36 heavy (non-hydrogen) atoms. The maximum absolute atomic E-state index is 13.8. The van der Waals surface area contributed by atoms with Crippen LogP contribution in [0.15, 0.2) is 48.5 Å². The van der Waals surface area contributed by atoms with Crippen molar-refractivity contribution < 1.29 is 23.9 Å². The molecule has 3 amide bonds. The van der Waals surface area contributed by atoms with E-state index < -0.39 is 11.8 Å². The Morgan fingerprint density at radius 2 is 1.78 bits per heavy atom. The summed E-state index contributed by atoms with van der Waals surface area (Å²) >= 11 is 0. The molecule has 0 unspecified atom stereocenters. The first kappa shape index (κ1) is 25.7. The van der Waals surface area contributed by atoms with Crippen LogP contribution in [0.2, 0.25) is 0 Å². The van der Waals surface area contributed by atoms with Gasteiger partial charge in [-0.05, 0) is 56.7 Å². The molecule has 0 saturated carbocycles. The van der Waals surface area contributed by atoms with Crippen molar-refractivity contribution in [2.24, 2.45) is 0 Å². The molecule has 0 bridgehead atoms. The molecule has 2 saturated heterocycles. The van der Waals surface area contributed by atoms with Gasteiger partial charge in [0, 0.05) is 43.1 Å². The molecule has 1 spiro atoms. The fourth-order valence-electron chi connectivity index (χ4n) is 4.90. The zero-order valence-corrected chi connectivity index (χ0v) is 21.5. The van der Waals surface area contributed by atoms with Crippen molar-refractivity contribution >= 4 is 17.7 Å². The highest BCUT2D eigenvalue weighted by atomic mass is 16.5. The summed E-state index contributed by atoms with van der Waals surface area (Å²) in [4.78, 5) is 43.5. The van der Waals surface area contributed by atoms with E-state index in [2.05, 4.69) is 5.32 Å². The number of aryl methyl sites for hydroxylation is 1. The summed E-state index contributed by atoms with van der Waals surface area (Å²) in [7, 11) is 1.57. The molecular formula is C28H35N3O5. The second-order valence-electron chi connectivity index (χ2n) is 9.66. The second kappa shape index (κ2) is 10.7. The van der Waals surface area contributed by atoms with Crippen molar-refractivity contribution in [1.29, 1.82) is 0 Å². The van der Waals surface area contributed by atoms with Crippen LogP contribution in [-0.2, 0) is 9.53 Å². The lowest BCUT2D eigenvalue weighted by molar-refractivity contribution is -0.128. The third kappa shape index (κ3) is 5.09. The molecule has 2 atom stereocenters. The van der Waals surface area contributed by atoms with Gasteiger partial charge < -0.3 is 19.7 Å². The van der Waals surface area contributed by atoms with Gasteiger partial charge in [0.15, 0.2) is 0 Å². The molecule has 2 aromatic rings. The van der Waals surface area contributed by atoms with E-state index in [9.17, 15) is 14.4 Å². The molecule has 0 radical (unpaired) electrons. The number of nitrogens with zero attached hydrogens (tertiary/aromatic N) is 2. The van der Waals surface area contributed by atoms with E-state index in [0.717, 1.165) is 12.0 Å². The number of hydrogen-bond acceptors (Lipinski definition) is 5. The lowest BCUT2D eigenvalue weighted by Crippen LogP contribution is -2.60. The van der Waals surface area contributed by atoms with Gasteiger partial charge in [-0.1, -0.05) is 24.6 Å². The molecule has 8 nitrogen and oxygen atoms in total. The van der Waals surface area contributed by atoms with E-state index in [4.69, 9.17) is 9.47 Å². The normalized spacial score (nSPS) is 19.7. The third-order valence-corrected chi connectivity index (χ3v) is 7.22. The summed E-state index contributed by atoms with van der Waals surface area (Å²) in [5.41, 5.74) is 1.19. The largest absolute Gasteiger partial charge is 0.497 e. The predicted molar refractivity (Wildman–Crippen MR) is 136 cm³/mol. The van der Waals surface area contributed by atoms with Crippen molar-refractivity contribution in [1.82, 2.24) is 15.1 Å². The summed E-state index contributed by atoms with van der Waals surface area (Å²) < 4.78 is 11.5. The zero-order chi connectivity index (χ0) is 25.9. The minimum Gasteiger partial charge on any atom is -0.497 e. The average Bonchev–Trinajstić information content (AvgIpc) is 3.26. The molecule has 2 fully saturated rings. The monoisotopic (exact) mass is 493 g/mol. The van der Waals surface area contributed by atoms with Gasteiger partial charge in [-0.2, -0.15) is 0 Å². The van der Waals surface area contributed by atoms with E-state index in [1.54, 1.807) is 41.2 Å². The number of piperidine rings is 1. The Balaban J connectivity index is 1.58. The molecule has 192 valence electrons. The molecule has 2 aliphatic heterocycles. The minimum absolute atomic E-state index is 0.0132. The lowest BCUT2D eigenvalue weighted by atomic mass is 9.96. The van der Waals surface area contributed by atoms with E-state index >= 15 is 0 Å². The standard InChI is InChI=1S/C28H35N3O5/c1-5-20(3)29-25(32)24-18-36-28(31(24)27(34)21-9-11-23(35-4)12-10-21)13-15-30(16-14-28)26(33)22-8-6-7-19(2)17-22/h6-12,17,20,24H,5,13-16,18H2,1-4H3,(H,29,32)/t20-,24+/m1/s1. The summed E-state index contributed by atoms with van der Waals surface area (Å²) in [6, 6.07) is 13.6. The first-order valence-electron chi connectivity index (χ1n) is 12.6. The Bertz CT molecular complexity index is 1110. The molecule has 0 aliphatic carbocycles. The molecule has 8 heteroatoms. The third-order valence-electron chi connectivity index (χ3n) is 7.22. The van der Waals surface area contributed by atoms with Crippen molar-refractivity contribution in [3.05, 3.63) is 65.2 Å². The van der Waals surface area contributed by atoms with Crippen LogP contribution >= 0.6 is 0 Å². The van der Waals surface area contributed by atoms with Crippen LogP contribution in [0.5, 0.6) is 5.75 Å². The van der Waals surface area contributed by atoms with Crippen LogP contribution in [0, 0.1) is 6.92 Å².